The molecule has 0 N–H and O–H groups in total. The van der Waals surface area contributed by atoms with Crippen molar-refractivity contribution in [2.75, 3.05) is 0 Å². The van der Waals surface area contributed by atoms with Crippen LogP contribution in [0.5, 0.6) is 0 Å². The Morgan fingerprint density at radius 2 is 2.21 bits per heavy atom. The first kappa shape index (κ1) is 9.30. The van der Waals surface area contributed by atoms with Gasteiger partial charge in [0.05, 0.1) is 5.60 Å². The number of ether oxygens (including phenoxy) is 1. The smallest absolute Gasteiger partial charge is 0.113 e. The van der Waals surface area contributed by atoms with Crippen molar-refractivity contribution in [3.05, 3.63) is 35.4 Å². The van der Waals surface area contributed by atoms with Crippen LogP contribution in [0.2, 0.25) is 0 Å². The molecule has 0 bridgehead atoms. The minimum absolute atomic E-state index is 0.00690. The molecular weight excluding hydrogens is 172 g/mol. The first-order chi connectivity index (χ1) is 6.71. The van der Waals surface area contributed by atoms with E-state index < -0.39 is 0 Å². The molecule has 14 heavy (non-hydrogen) atoms. The van der Waals surface area contributed by atoms with Crippen LogP contribution in [0.25, 0.3) is 0 Å². The Balaban J connectivity index is 2.32. The van der Waals surface area contributed by atoms with Crippen molar-refractivity contribution >= 4 is 0 Å². The number of benzene rings is 1. The second-order valence-electron chi connectivity index (χ2n) is 3.90. The van der Waals surface area contributed by atoms with Gasteiger partial charge in [0.2, 0.25) is 0 Å². The van der Waals surface area contributed by atoms with Gasteiger partial charge in [0.25, 0.3) is 0 Å². The lowest BCUT2D eigenvalue weighted by atomic mass is 9.95. The molecule has 1 aliphatic rings. The summed E-state index contributed by atoms with van der Waals surface area (Å²) in [6.45, 7) is 4.27. The molecule has 0 aliphatic carbocycles. The second-order valence-corrected chi connectivity index (χ2v) is 3.90. The molecule has 0 amide bonds. The summed E-state index contributed by atoms with van der Waals surface area (Å²) in [5.41, 5.74) is 2.11. The third-order valence-electron chi connectivity index (χ3n) is 2.99. The molecule has 1 aromatic carbocycles. The summed E-state index contributed by atoms with van der Waals surface area (Å²) in [7, 11) is 0. The fraction of sp³-hybridized carbons (Fsp3) is 0.385. The largest absolute Gasteiger partial charge is 0.361 e. The predicted octanol–water partition coefficient (Wildman–Crippen LogP) is 2.91. The van der Waals surface area contributed by atoms with Crippen molar-refractivity contribution in [2.24, 2.45) is 0 Å². The molecule has 1 aliphatic heterocycles. The summed E-state index contributed by atoms with van der Waals surface area (Å²) < 4.78 is 5.69. The van der Waals surface area contributed by atoms with E-state index in [4.69, 9.17) is 11.2 Å². The monoisotopic (exact) mass is 186 g/mol. The molecule has 72 valence electrons. The molecule has 1 heteroatoms. The van der Waals surface area contributed by atoms with Crippen LogP contribution in [-0.4, -0.2) is 5.60 Å². The Morgan fingerprint density at radius 1 is 1.50 bits per heavy atom. The standard InChI is InChI=1S/C13H14O/c1-4-10-8-6-7-9-11(10)12-13(3,5-2)14-12/h1,6-9,12H,5H2,2-3H3/t12-,13+/m1/s1. The highest BCUT2D eigenvalue weighted by molar-refractivity contribution is 5.43. The van der Waals surface area contributed by atoms with Crippen LogP contribution in [-0.2, 0) is 4.74 Å². The molecule has 1 aromatic rings. The van der Waals surface area contributed by atoms with Gasteiger partial charge in [0.15, 0.2) is 0 Å². The number of epoxide rings is 1. The molecule has 1 nitrogen and oxygen atoms in total. The average Bonchev–Trinajstić information content (AvgIpc) is 2.91. The molecule has 1 fully saturated rings. The summed E-state index contributed by atoms with van der Waals surface area (Å²) >= 11 is 0. The van der Waals surface area contributed by atoms with Crippen LogP contribution in [0.15, 0.2) is 24.3 Å². The zero-order chi connectivity index (χ0) is 10.2. The fourth-order valence-corrected chi connectivity index (χ4v) is 1.75. The van der Waals surface area contributed by atoms with Gasteiger partial charge in [0.1, 0.15) is 6.10 Å². The first-order valence-electron chi connectivity index (χ1n) is 4.94. The Hall–Kier alpha value is -1.26. The maximum Gasteiger partial charge on any atom is 0.113 e. The molecular formula is C13H14O. The third kappa shape index (κ3) is 1.32. The van der Waals surface area contributed by atoms with Crippen molar-refractivity contribution in [3.63, 3.8) is 0 Å². The minimum atomic E-state index is 0.00690. The van der Waals surface area contributed by atoms with Crippen LogP contribution >= 0.6 is 0 Å². The Kier molecular flexibility index (Phi) is 2.09. The van der Waals surface area contributed by atoms with Gasteiger partial charge < -0.3 is 4.74 Å². The highest BCUT2D eigenvalue weighted by atomic mass is 16.6. The zero-order valence-corrected chi connectivity index (χ0v) is 8.58. The predicted molar refractivity (Wildman–Crippen MR) is 56.9 cm³/mol. The van der Waals surface area contributed by atoms with Gasteiger partial charge >= 0.3 is 0 Å². The molecule has 1 heterocycles. The lowest BCUT2D eigenvalue weighted by Gasteiger charge is -2.03. The van der Waals surface area contributed by atoms with Gasteiger partial charge in [-0.1, -0.05) is 31.0 Å². The topological polar surface area (TPSA) is 12.5 Å². The van der Waals surface area contributed by atoms with Crippen LogP contribution in [0.1, 0.15) is 37.5 Å². The van der Waals surface area contributed by atoms with Crippen molar-refractivity contribution < 1.29 is 4.74 Å². The third-order valence-corrected chi connectivity index (χ3v) is 2.99. The lowest BCUT2D eigenvalue weighted by Crippen LogP contribution is -2.04. The quantitative estimate of drug-likeness (QED) is 0.511. The van der Waals surface area contributed by atoms with Crippen molar-refractivity contribution in [1.82, 2.24) is 0 Å². The Labute approximate surface area is 85.1 Å². The fourth-order valence-electron chi connectivity index (χ4n) is 1.75. The normalized spacial score (nSPS) is 29.6. The van der Waals surface area contributed by atoms with Gasteiger partial charge in [-0.05, 0) is 25.0 Å². The SMILES string of the molecule is C#Cc1ccccc1[C@H]1O[C@@]1(C)CC. The Morgan fingerprint density at radius 3 is 2.79 bits per heavy atom. The van der Waals surface area contributed by atoms with Gasteiger partial charge in [0, 0.05) is 5.56 Å². The van der Waals surface area contributed by atoms with E-state index in [9.17, 15) is 0 Å². The maximum atomic E-state index is 5.69. The van der Waals surface area contributed by atoms with Gasteiger partial charge in [-0.2, -0.15) is 0 Å². The first-order valence-corrected chi connectivity index (χ1v) is 4.94. The molecule has 0 radical (unpaired) electrons. The highest BCUT2D eigenvalue weighted by Crippen LogP contribution is 2.52. The molecule has 0 unspecified atom stereocenters. The molecule has 0 aromatic heterocycles. The van der Waals surface area contributed by atoms with Gasteiger partial charge in [-0.15, -0.1) is 6.42 Å². The van der Waals surface area contributed by atoms with Gasteiger partial charge in [-0.3, -0.25) is 0 Å². The van der Waals surface area contributed by atoms with Crippen LogP contribution in [0.3, 0.4) is 0 Å². The van der Waals surface area contributed by atoms with E-state index in [1.807, 2.05) is 18.2 Å². The molecule has 0 spiro atoms. The Bertz CT molecular complexity index is 388. The van der Waals surface area contributed by atoms with Gasteiger partial charge in [-0.25, -0.2) is 0 Å². The van der Waals surface area contributed by atoms with E-state index in [1.165, 1.54) is 0 Å². The van der Waals surface area contributed by atoms with E-state index in [0.717, 1.165) is 17.5 Å². The van der Waals surface area contributed by atoms with Crippen LogP contribution in [0.4, 0.5) is 0 Å². The molecule has 2 rings (SSSR count). The summed E-state index contributed by atoms with van der Waals surface area (Å²) in [6.07, 6.45) is 6.66. The van der Waals surface area contributed by atoms with E-state index in [2.05, 4.69) is 25.8 Å². The highest BCUT2D eigenvalue weighted by Gasteiger charge is 2.52. The van der Waals surface area contributed by atoms with E-state index in [1.54, 1.807) is 0 Å². The molecule has 1 saturated heterocycles. The van der Waals surface area contributed by atoms with Crippen molar-refractivity contribution in [1.29, 1.82) is 0 Å². The van der Waals surface area contributed by atoms with Crippen molar-refractivity contribution in [3.8, 4) is 12.3 Å². The lowest BCUT2D eigenvalue weighted by molar-refractivity contribution is 0.303. The molecule has 0 saturated carbocycles. The van der Waals surface area contributed by atoms with Crippen LogP contribution < -0.4 is 0 Å². The summed E-state index contributed by atoms with van der Waals surface area (Å²) in [4.78, 5) is 0. The van der Waals surface area contributed by atoms with E-state index >= 15 is 0 Å². The number of rotatable bonds is 2. The summed E-state index contributed by atoms with van der Waals surface area (Å²) in [5.74, 6) is 2.70. The maximum absolute atomic E-state index is 5.69. The zero-order valence-electron chi connectivity index (χ0n) is 8.58. The number of hydrogen-bond donors (Lipinski definition) is 0. The van der Waals surface area contributed by atoms with E-state index in [-0.39, 0.29) is 11.7 Å². The second kappa shape index (κ2) is 3.15. The summed E-state index contributed by atoms with van der Waals surface area (Å²) in [6, 6.07) is 7.99. The number of hydrogen-bond acceptors (Lipinski definition) is 1. The van der Waals surface area contributed by atoms with Crippen LogP contribution in [0, 0.1) is 12.3 Å². The van der Waals surface area contributed by atoms with Crippen molar-refractivity contribution in [2.45, 2.75) is 32.0 Å². The number of terminal acetylenes is 1. The van der Waals surface area contributed by atoms with E-state index in [0.29, 0.717) is 0 Å². The summed E-state index contributed by atoms with van der Waals surface area (Å²) in [5, 5.41) is 0. The molecule has 2 atom stereocenters. The minimum Gasteiger partial charge on any atom is -0.361 e. The average molecular weight is 186 g/mol.